The summed E-state index contributed by atoms with van der Waals surface area (Å²) in [7, 11) is 0. The van der Waals surface area contributed by atoms with Crippen LogP contribution in [0.3, 0.4) is 0 Å². The van der Waals surface area contributed by atoms with Crippen LogP contribution in [0.15, 0.2) is 29.2 Å². The van der Waals surface area contributed by atoms with Crippen LogP contribution in [-0.4, -0.2) is 31.6 Å². The van der Waals surface area contributed by atoms with Crippen LogP contribution in [-0.2, 0) is 4.74 Å². The molecule has 1 atom stereocenters. The van der Waals surface area contributed by atoms with E-state index in [1.807, 2.05) is 18.7 Å². The molecule has 0 aromatic heterocycles. The van der Waals surface area contributed by atoms with Gasteiger partial charge in [-0.25, -0.2) is 0 Å². The normalized spacial score (nSPS) is 12.6. The zero-order chi connectivity index (χ0) is 12.5. The van der Waals surface area contributed by atoms with Crippen molar-refractivity contribution in [1.82, 2.24) is 5.32 Å². The zero-order valence-electron chi connectivity index (χ0n) is 11.0. The molecule has 96 valence electrons. The largest absolute Gasteiger partial charge is 0.380 e. The average Bonchev–Trinajstić information content (AvgIpc) is 2.33. The Hall–Kier alpha value is -0.510. The highest BCUT2D eigenvalue weighted by atomic mass is 32.2. The van der Waals surface area contributed by atoms with Crippen LogP contribution in [0, 0.1) is 6.92 Å². The van der Waals surface area contributed by atoms with Crippen molar-refractivity contribution in [3.8, 4) is 0 Å². The Morgan fingerprint density at radius 2 is 2.18 bits per heavy atom. The van der Waals surface area contributed by atoms with Crippen molar-refractivity contribution >= 4 is 11.8 Å². The molecule has 1 N–H and O–H groups in total. The van der Waals surface area contributed by atoms with Crippen molar-refractivity contribution in [2.24, 2.45) is 0 Å². The summed E-state index contributed by atoms with van der Waals surface area (Å²) in [5.74, 6) is 1.05. The van der Waals surface area contributed by atoms with Gasteiger partial charge in [0.15, 0.2) is 0 Å². The van der Waals surface area contributed by atoms with Crippen LogP contribution in [0.4, 0.5) is 0 Å². The highest BCUT2D eigenvalue weighted by molar-refractivity contribution is 7.99. The van der Waals surface area contributed by atoms with E-state index in [2.05, 4.69) is 43.4 Å². The van der Waals surface area contributed by atoms with Crippen molar-refractivity contribution in [2.45, 2.75) is 31.7 Å². The predicted octanol–water partition coefficient (Wildman–Crippen LogP) is 3.10. The van der Waals surface area contributed by atoms with Gasteiger partial charge in [0.2, 0.25) is 0 Å². The Labute approximate surface area is 109 Å². The second-order valence-corrected chi connectivity index (χ2v) is 5.13. The fourth-order valence-electron chi connectivity index (χ4n) is 1.62. The molecule has 1 aromatic carbocycles. The number of hydrogen-bond donors (Lipinski definition) is 1. The summed E-state index contributed by atoms with van der Waals surface area (Å²) in [6, 6.07) is 9.08. The maximum atomic E-state index is 5.48. The molecule has 1 unspecified atom stereocenters. The fourth-order valence-corrected chi connectivity index (χ4v) is 2.67. The average molecular weight is 253 g/mol. The van der Waals surface area contributed by atoms with Crippen molar-refractivity contribution in [1.29, 1.82) is 0 Å². The quantitative estimate of drug-likeness (QED) is 0.719. The Bertz CT molecular complexity index is 317. The van der Waals surface area contributed by atoms with Crippen LogP contribution in [0.1, 0.15) is 19.4 Å². The molecule has 1 rings (SSSR count). The van der Waals surface area contributed by atoms with Crippen LogP contribution in [0.2, 0.25) is 0 Å². The molecule has 2 nitrogen and oxygen atoms in total. The van der Waals surface area contributed by atoms with Gasteiger partial charge in [0, 0.05) is 23.3 Å². The maximum absolute atomic E-state index is 5.48. The molecule has 0 heterocycles. The monoisotopic (exact) mass is 253 g/mol. The minimum absolute atomic E-state index is 0.436. The molecule has 0 aliphatic rings. The second-order valence-electron chi connectivity index (χ2n) is 4.04. The number of aryl methyl sites for hydroxylation is 1. The van der Waals surface area contributed by atoms with Crippen molar-refractivity contribution < 1.29 is 4.74 Å². The third kappa shape index (κ3) is 6.10. The first-order valence-corrected chi connectivity index (χ1v) is 7.25. The summed E-state index contributed by atoms with van der Waals surface area (Å²) in [4.78, 5) is 1.34. The van der Waals surface area contributed by atoms with Gasteiger partial charge in [0.1, 0.15) is 0 Å². The summed E-state index contributed by atoms with van der Waals surface area (Å²) in [5, 5.41) is 3.46. The Morgan fingerprint density at radius 3 is 2.82 bits per heavy atom. The molecule has 0 spiro atoms. The van der Waals surface area contributed by atoms with Crippen LogP contribution in [0.5, 0.6) is 0 Å². The first kappa shape index (κ1) is 14.6. The molecule has 0 saturated heterocycles. The SMILES string of the molecule is CCNC(COCC)CSc1cccc(C)c1. The molecular weight excluding hydrogens is 230 g/mol. The molecule has 0 saturated carbocycles. The van der Waals surface area contributed by atoms with Gasteiger partial charge in [-0.15, -0.1) is 11.8 Å². The first-order valence-electron chi connectivity index (χ1n) is 6.26. The van der Waals surface area contributed by atoms with Crippen molar-refractivity contribution in [3.05, 3.63) is 29.8 Å². The van der Waals surface area contributed by atoms with E-state index >= 15 is 0 Å². The van der Waals surface area contributed by atoms with Gasteiger partial charge in [0.25, 0.3) is 0 Å². The van der Waals surface area contributed by atoms with E-state index in [0.29, 0.717) is 6.04 Å². The van der Waals surface area contributed by atoms with E-state index in [1.165, 1.54) is 10.5 Å². The van der Waals surface area contributed by atoms with Crippen LogP contribution in [0.25, 0.3) is 0 Å². The highest BCUT2D eigenvalue weighted by Gasteiger charge is 2.07. The Balaban J connectivity index is 2.39. The van der Waals surface area contributed by atoms with E-state index in [9.17, 15) is 0 Å². The number of nitrogens with one attached hydrogen (secondary N) is 1. The Morgan fingerprint density at radius 1 is 1.35 bits per heavy atom. The minimum atomic E-state index is 0.436. The topological polar surface area (TPSA) is 21.3 Å². The molecular formula is C14H23NOS. The van der Waals surface area contributed by atoms with Crippen LogP contribution >= 0.6 is 11.8 Å². The lowest BCUT2D eigenvalue weighted by molar-refractivity contribution is 0.129. The number of likely N-dealkylation sites (N-methyl/N-ethyl adjacent to an activating group) is 1. The molecule has 0 aliphatic heterocycles. The predicted molar refractivity (Wildman–Crippen MR) is 75.9 cm³/mol. The standard InChI is InChI=1S/C14H23NOS/c1-4-15-13(10-16-5-2)11-17-14-8-6-7-12(3)9-14/h6-9,13,15H,4-5,10-11H2,1-3H3. The zero-order valence-corrected chi connectivity index (χ0v) is 11.8. The van der Waals surface area contributed by atoms with Gasteiger partial charge in [-0.2, -0.15) is 0 Å². The summed E-state index contributed by atoms with van der Waals surface area (Å²) in [5.41, 5.74) is 1.32. The van der Waals surface area contributed by atoms with E-state index in [1.54, 1.807) is 0 Å². The summed E-state index contributed by atoms with van der Waals surface area (Å²) in [6.45, 7) is 8.88. The highest BCUT2D eigenvalue weighted by Crippen LogP contribution is 2.19. The molecule has 0 amide bonds. The third-order valence-electron chi connectivity index (χ3n) is 2.46. The third-order valence-corrected chi connectivity index (χ3v) is 3.61. The van der Waals surface area contributed by atoms with Gasteiger partial charge in [0.05, 0.1) is 6.61 Å². The molecule has 0 radical (unpaired) electrons. The number of benzene rings is 1. The smallest absolute Gasteiger partial charge is 0.0627 e. The molecule has 0 bridgehead atoms. The number of hydrogen-bond acceptors (Lipinski definition) is 3. The number of rotatable bonds is 8. The molecule has 0 fully saturated rings. The molecule has 3 heteroatoms. The lowest BCUT2D eigenvalue weighted by Crippen LogP contribution is -2.35. The van der Waals surface area contributed by atoms with Gasteiger partial charge in [-0.1, -0.05) is 24.6 Å². The van der Waals surface area contributed by atoms with E-state index in [4.69, 9.17) is 4.74 Å². The molecule has 17 heavy (non-hydrogen) atoms. The molecule has 0 aliphatic carbocycles. The van der Waals surface area contributed by atoms with Crippen LogP contribution < -0.4 is 5.32 Å². The van der Waals surface area contributed by atoms with Crippen molar-refractivity contribution in [3.63, 3.8) is 0 Å². The fraction of sp³-hybridized carbons (Fsp3) is 0.571. The number of ether oxygens (including phenoxy) is 1. The lowest BCUT2D eigenvalue weighted by atomic mass is 10.2. The van der Waals surface area contributed by atoms with E-state index < -0.39 is 0 Å². The van der Waals surface area contributed by atoms with Crippen molar-refractivity contribution in [2.75, 3.05) is 25.5 Å². The molecule has 1 aromatic rings. The van der Waals surface area contributed by atoms with Gasteiger partial charge in [-0.3, -0.25) is 0 Å². The lowest BCUT2D eigenvalue weighted by Gasteiger charge is -2.17. The number of thioether (sulfide) groups is 1. The first-order chi connectivity index (χ1) is 8.26. The Kier molecular flexibility index (Phi) is 7.33. The van der Waals surface area contributed by atoms with Gasteiger partial charge < -0.3 is 10.1 Å². The maximum Gasteiger partial charge on any atom is 0.0627 e. The van der Waals surface area contributed by atoms with E-state index in [-0.39, 0.29) is 0 Å². The van der Waals surface area contributed by atoms with Gasteiger partial charge in [-0.05, 0) is 32.5 Å². The second kappa shape index (κ2) is 8.56. The van der Waals surface area contributed by atoms with E-state index in [0.717, 1.165) is 25.5 Å². The van der Waals surface area contributed by atoms with Gasteiger partial charge >= 0.3 is 0 Å². The minimum Gasteiger partial charge on any atom is -0.380 e. The summed E-state index contributed by atoms with van der Waals surface area (Å²) < 4.78 is 5.48. The summed E-state index contributed by atoms with van der Waals surface area (Å²) >= 11 is 1.89. The summed E-state index contributed by atoms with van der Waals surface area (Å²) in [6.07, 6.45) is 0.